The Kier molecular flexibility index (Phi) is 5.07. The van der Waals surface area contributed by atoms with E-state index in [1.165, 1.54) is 11.3 Å². The number of hydrogen-bond donors (Lipinski definition) is 1. The summed E-state index contributed by atoms with van der Waals surface area (Å²) in [5, 5.41) is 11.8. The topological polar surface area (TPSA) is 78.4 Å². The Morgan fingerprint density at radius 3 is 2.63 bits per heavy atom. The number of anilines is 2. The zero-order valence-electron chi connectivity index (χ0n) is 15.3. The zero-order valence-corrected chi connectivity index (χ0v) is 16.1. The van der Waals surface area contributed by atoms with Crippen molar-refractivity contribution >= 4 is 34.0 Å². The highest BCUT2D eigenvalue weighted by molar-refractivity contribution is 7.18. The number of hydrogen-bond acceptors (Lipinski definition) is 6. The average molecular weight is 385 g/mol. The Hall–Kier alpha value is -2.48. The Morgan fingerprint density at radius 1 is 1.19 bits per heavy atom. The van der Waals surface area contributed by atoms with E-state index in [2.05, 4.69) is 20.4 Å². The van der Waals surface area contributed by atoms with Gasteiger partial charge in [0.15, 0.2) is 5.82 Å². The van der Waals surface area contributed by atoms with Gasteiger partial charge in [0.1, 0.15) is 0 Å². The third-order valence-electron chi connectivity index (χ3n) is 5.23. The number of carbonyl (C=O) groups excluding carboxylic acids is 2. The lowest BCUT2D eigenvalue weighted by Crippen LogP contribution is -2.45. The highest BCUT2D eigenvalue weighted by atomic mass is 32.1. The van der Waals surface area contributed by atoms with Crippen LogP contribution in [0.2, 0.25) is 0 Å². The summed E-state index contributed by atoms with van der Waals surface area (Å²) >= 11 is 1.36. The molecule has 0 radical (unpaired) electrons. The summed E-state index contributed by atoms with van der Waals surface area (Å²) in [5.41, 5.74) is 0. The van der Waals surface area contributed by atoms with Crippen molar-refractivity contribution < 1.29 is 9.59 Å². The number of rotatable bonds is 5. The molecule has 0 bridgehead atoms. The maximum Gasteiger partial charge on any atom is 0.263 e. The molecule has 2 aromatic heterocycles. The van der Waals surface area contributed by atoms with Gasteiger partial charge in [-0.25, -0.2) is 0 Å². The number of amides is 2. The van der Waals surface area contributed by atoms with Crippen LogP contribution in [0.25, 0.3) is 0 Å². The summed E-state index contributed by atoms with van der Waals surface area (Å²) < 4.78 is 0. The van der Waals surface area contributed by atoms with Crippen LogP contribution in [-0.2, 0) is 4.79 Å². The van der Waals surface area contributed by atoms with Crippen molar-refractivity contribution in [3.8, 4) is 0 Å². The van der Waals surface area contributed by atoms with Gasteiger partial charge in [0, 0.05) is 38.3 Å². The zero-order chi connectivity index (χ0) is 18.8. The average Bonchev–Trinajstić information content (AvgIpc) is 3.47. The standard InChI is InChI=1S/C19H23N5O2S/c1-23(16-3-2-10-20-22-16)14-8-11-24(12-9-14)19(26)15-6-7-17(27-15)21-18(25)13-4-5-13/h2-3,6-7,10,13-14H,4-5,8-9,11-12H2,1H3,(H,21,25). The smallest absolute Gasteiger partial charge is 0.263 e. The molecule has 1 saturated carbocycles. The first kappa shape index (κ1) is 17.9. The maximum atomic E-state index is 12.8. The summed E-state index contributed by atoms with van der Waals surface area (Å²) in [7, 11) is 2.03. The van der Waals surface area contributed by atoms with E-state index in [9.17, 15) is 9.59 Å². The number of likely N-dealkylation sites (tertiary alicyclic amines) is 1. The molecule has 1 aliphatic heterocycles. The fourth-order valence-electron chi connectivity index (χ4n) is 3.37. The minimum Gasteiger partial charge on any atom is -0.355 e. The van der Waals surface area contributed by atoms with Crippen LogP contribution in [0, 0.1) is 5.92 Å². The molecule has 0 unspecified atom stereocenters. The molecule has 0 spiro atoms. The molecule has 1 aliphatic carbocycles. The summed E-state index contributed by atoms with van der Waals surface area (Å²) in [6, 6.07) is 7.82. The minimum absolute atomic E-state index is 0.0486. The first-order chi connectivity index (χ1) is 13.1. The Balaban J connectivity index is 1.32. The van der Waals surface area contributed by atoms with E-state index in [0.29, 0.717) is 10.9 Å². The highest BCUT2D eigenvalue weighted by Gasteiger charge is 2.30. The van der Waals surface area contributed by atoms with Crippen LogP contribution in [-0.4, -0.2) is 53.1 Å². The molecule has 8 heteroatoms. The van der Waals surface area contributed by atoms with Gasteiger partial charge in [0.25, 0.3) is 5.91 Å². The molecule has 1 saturated heterocycles. The van der Waals surface area contributed by atoms with Crippen LogP contribution in [0.4, 0.5) is 10.8 Å². The van der Waals surface area contributed by atoms with E-state index in [0.717, 1.165) is 49.6 Å². The first-order valence-corrected chi connectivity index (χ1v) is 10.1. The van der Waals surface area contributed by atoms with Crippen molar-refractivity contribution in [3.05, 3.63) is 35.3 Å². The third-order valence-corrected chi connectivity index (χ3v) is 6.22. The highest BCUT2D eigenvalue weighted by Crippen LogP contribution is 2.32. The van der Waals surface area contributed by atoms with Gasteiger partial charge < -0.3 is 15.1 Å². The van der Waals surface area contributed by atoms with E-state index < -0.39 is 0 Å². The van der Waals surface area contributed by atoms with Gasteiger partial charge in [-0.2, -0.15) is 5.10 Å². The molecule has 2 aromatic rings. The molecule has 2 aliphatic rings. The van der Waals surface area contributed by atoms with Crippen LogP contribution in [0.15, 0.2) is 30.5 Å². The fraction of sp³-hybridized carbons (Fsp3) is 0.474. The van der Waals surface area contributed by atoms with Crippen molar-refractivity contribution in [2.24, 2.45) is 5.92 Å². The van der Waals surface area contributed by atoms with Gasteiger partial charge in [-0.05, 0) is 49.9 Å². The summed E-state index contributed by atoms with van der Waals surface area (Å²) in [6.07, 6.45) is 5.41. The molecule has 0 atom stereocenters. The predicted octanol–water partition coefficient (Wildman–Crippen LogP) is 2.63. The van der Waals surface area contributed by atoms with Crippen LogP contribution in [0.5, 0.6) is 0 Å². The molecule has 1 N–H and O–H groups in total. The number of aromatic nitrogens is 2. The second-order valence-corrected chi connectivity index (χ2v) is 8.23. The second-order valence-electron chi connectivity index (χ2n) is 7.14. The van der Waals surface area contributed by atoms with Gasteiger partial charge >= 0.3 is 0 Å². The van der Waals surface area contributed by atoms with Crippen molar-refractivity contribution in [3.63, 3.8) is 0 Å². The number of nitrogens with zero attached hydrogens (tertiary/aromatic N) is 4. The third kappa shape index (κ3) is 4.10. The largest absolute Gasteiger partial charge is 0.355 e. The van der Waals surface area contributed by atoms with Crippen molar-refractivity contribution in [1.82, 2.24) is 15.1 Å². The van der Waals surface area contributed by atoms with Crippen LogP contribution in [0.3, 0.4) is 0 Å². The molecular weight excluding hydrogens is 362 g/mol. The van der Waals surface area contributed by atoms with Crippen molar-refractivity contribution in [1.29, 1.82) is 0 Å². The molecule has 0 aromatic carbocycles. The lowest BCUT2D eigenvalue weighted by molar-refractivity contribution is -0.117. The number of piperidine rings is 1. The van der Waals surface area contributed by atoms with E-state index >= 15 is 0 Å². The fourth-order valence-corrected chi connectivity index (χ4v) is 4.25. The molecule has 2 amide bonds. The Labute approximate surface area is 162 Å². The summed E-state index contributed by atoms with van der Waals surface area (Å²) in [4.78, 5) is 29.4. The Bertz CT molecular complexity index is 813. The SMILES string of the molecule is CN(c1cccnn1)C1CCN(C(=O)c2ccc(NC(=O)C3CC3)s2)CC1. The van der Waals surface area contributed by atoms with Crippen LogP contribution < -0.4 is 10.2 Å². The lowest BCUT2D eigenvalue weighted by Gasteiger charge is -2.36. The molecule has 142 valence electrons. The normalized spacial score (nSPS) is 17.6. The van der Waals surface area contributed by atoms with Gasteiger partial charge in [-0.15, -0.1) is 16.4 Å². The molecular formula is C19H23N5O2S. The van der Waals surface area contributed by atoms with E-state index in [-0.39, 0.29) is 17.7 Å². The van der Waals surface area contributed by atoms with Crippen LogP contribution >= 0.6 is 11.3 Å². The minimum atomic E-state index is 0.0486. The Morgan fingerprint density at radius 2 is 1.96 bits per heavy atom. The van der Waals surface area contributed by atoms with Gasteiger partial charge in [-0.3, -0.25) is 9.59 Å². The van der Waals surface area contributed by atoms with Crippen molar-refractivity contribution in [2.75, 3.05) is 30.4 Å². The van der Waals surface area contributed by atoms with Crippen molar-refractivity contribution in [2.45, 2.75) is 31.7 Å². The number of thiophene rings is 1. The van der Waals surface area contributed by atoms with Gasteiger partial charge in [0.05, 0.1) is 9.88 Å². The molecule has 2 fully saturated rings. The molecule has 7 nitrogen and oxygen atoms in total. The lowest BCUT2D eigenvalue weighted by atomic mass is 10.0. The van der Waals surface area contributed by atoms with Crippen LogP contribution in [0.1, 0.15) is 35.4 Å². The first-order valence-electron chi connectivity index (χ1n) is 9.32. The van der Waals surface area contributed by atoms with E-state index in [4.69, 9.17) is 0 Å². The predicted molar refractivity (Wildman–Crippen MR) is 105 cm³/mol. The molecule has 3 heterocycles. The molecule has 4 rings (SSSR count). The monoisotopic (exact) mass is 385 g/mol. The maximum absolute atomic E-state index is 12.8. The summed E-state index contributed by atoms with van der Waals surface area (Å²) in [6.45, 7) is 1.44. The summed E-state index contributed by atoms with van der Waals surface area (Å²) in [5.74, 6) is 1.14. The van der Waals surface area contributed by atoms with Gasteiger partial charge in [-0.1, -0.05) is 0 Å². The van der Waals surface area contributed by atoms with E-state index in [1.54, 1.807) is 6.20 Å². The quantitative estimate of drug-likeness (QED) is 0.856. The number of nitrogens with one attached hydrogen (secondary N) is 1. The van der Waals surface area contributed by atoms with Gasteiger partial charge in [0.2, 0.25) is 5.91 Å². The van der Waals surface area contributed by atoms with E-state index in [1.807, 2.05) is 36.2 Å². The number of carbonyl (C=O) groups is 2. The second kappa shape index (κ2) is 7.64. The molecule has 27 heavy (non-hydrogen) atoms.